The van der Waals surface area contributed by atoms with Crippen LogP contribution in [0.15, 0.2) is 42.7 Å². The Morgan fingerprint density at radius 3 is 2.67 bits per heavy atom. The van der Waals surface area contributed by atoms with E-state index in [2.05, 4.69) is 27.4 Å². The molecule has 3 aromatic rings. The summed E-state index contributed by atoms with van der Waals surface area (Å²) in [5, 5.41) is 7.70. The first-order valence-electron chi connectivity index (χ1n) is 14.3. The molecule has 1 aliphatic carbocycles. The van der Waals surface area contributed by atoms with Crippen LogP contribution in [-0.4, -0.2) is 84.1 Å². The average molecular weight is 569 g/mol. The van der Waals surface area contributed by atoms with E-state index in [1.54, 1.807) is 6.20 Å². The number of ether oxygens (including phenoxy) is 1. The Balaban J connectivity index is 1.17. The molecule has 1 saturated heterocycles. The van der Waals surface area contributed by atoms with Gasteiger partial charge in [-0.15, -0.1) is 0 Å². The third-order valence-corrected chi connectivity index (χ3v) is 9.03. The van der Waals surface area contributed by atoms with E-state index >= 15 is 0 Å². The third kappa shape index (κ3) is 7.11. The number of carbonyl (C=O) groups excluding carboxylic acids is 1. The Labute approximate surface area is 236 Å². The van der Waals surface area contributed by atoms with Crippen molar-refractivity contribution in [2.75, 3.05) is 43.6 Å². The van der Waals surface area contributed by atoms with Gasteiger partial charge in [-0.1, -0.05) is 13.0 Å². The molecular weight excluding hydrogens is 528 g/mol. The average Bonchev–Trinajstić information content (AvgIpc) is 3.58. The van der Waals surface area contributed by atoms with Crippen molar-refractivity contribution < 1.29 is 17.9 Å². The number of nitrogens with one attached hydrogen (secondary N) is 2. The van der Waals surface area contributed by atoms with Gasteiger partial charge in [0.2, 0.25) is 11.9 Å². The fourth-order valence-corrected chi connectivity index (χ4v) is 6.40. The minimum Gasteiger partial charge on any atom is -0.493 e. The zero-order valence-corrected chi connectivity index (χ0v) is 24.2. The number of sulfone groups is 1. The standard InChI is InChI=1S/C29H40N6O4S/c1-3-34-16-13-23(20-34)31-28(36)21-8-10-22(11-9-21)32-29-30-15-12-27(33-29)35-17-14-24-25(35)6-4-7-26(24)39-18-5-19-40(2,37)38/h4,6-7,12,14-15,17,21-23H,3,5,8-11,13,16,18-20H2,1-2H3,(H,31,36)(H,30,32,33)/t21-,22-,23-/m1/s1. The molecule has 0 spiro atoms. The monoisotopic (exact) mass is 568 g/mol. The fraction of sp³-hybridized carbons (Fsp3) is 0.552. The largest absolute Gasteiger partial charge is 0.493 e. The van der Waals surface area contributed by atoms with Gasteiger partial charge in [-0.3, -0.25) is 4.79 Å². The maximum atomic E-state index is 12.8. The number of benzene rings is 1. The second-order valence-electron chi connectivity index (χ2n) is 11.0. The van der Waals surface area contributed by atoms with Crippen molar-refractivity contribution in [1.82, 2.24) is 24.8 Å². The summed E-state index contributed by atoms with van der Waals surface area (Å²) in [7, 11) is -3.01. The highest BCUT2D eigenvalue weighted by atomic mass is 32.2. The topological polar surface area (TPSA) is 118 Å². The lowest BCUT2D eigenvalue weighted by Gasteiger charge is -2.29. The lowest BCUT2D eigenvalue weighted by atomic mass is 9.85. The highest BCUT2D eigenvalue weighted by Gasteiger charge is 2.30. The van der Waals surface area contributed by atoms with Gasteiger partial charge in [-0.05, 0) is 69.3 Å². The number of aromatic nitrogens is 3. The predicted octanol–water partition coefficient (Wildman–Crippen LogP) is 3.42. The van der Waals surface area contributed by atoms with Crippen LogP contribution in [0, 0.1) is 5.92 Å². The third-order valence-electron chi connectivity index (χ3n) is 7.99. The molecule has 2 aliphatic rings. The van der Waals surface area contributed by atoms with Crippen LogP contribution in [0.3, 0.4) is 0 Å². The molecule has 2 aromatic heterocycles. The smallest absolute Gasteiger partial charge is 0.224 e. The molecule has 0 bridgehead atoms. The number of hydrogen-bond donors (Lipinski definition) is 2. The van der Waals surface area contributed by atoms with E-state index in [0.29, 0.717) is 24.7 Å². The van der Waals surface area contributed by atoms with Gasteiger partial charge in [0, 0.05) is 55.1 Å². The summed E-state index contributed by atoms with van der Waals surface area (Å²) in [4.78, 5) is 24.4. The van der Waals surface area contributed by atoms with Crippen LogP contribution in [0.25, 0.3) is 16.7 Å². The summed E-state index contributed by atoms with van der Waals surface area (Å²) < 4.78 is 30.7. The number of nitrogens with zero attached hydrogens (tertiary/aromatic N) is 4. The maximum Gasteiger partial charge on any atom is 0.224 e. The molecule has 11 heteroatoms. The van der Waals surface area contributed by atoms with Crippen molar-refractivity contribution in [2.45, 2.75) is 57.5 Å². The van der Waals surface area contributed by atoms with E-state index in [1.807, 2.05) is 41.1 Å². The number of hydrogen-bond acceptors (Lipinski definition) is 8. The quantitative estimate of drug-likeness (QED) is 0.338. The van der Waals surface area contributed by atoms with E-state index in [-0.39, 0.29) is 29.7 Å². The second kappa shape index (κ2) is 12.6. The van der Waals surface area contributed by atoms with Gasteiger partial charge in [-0.25, -0.2) is 13.4 Å². The van der Waals surface area contributed by atoms with Crippen molar-refractivity contribution in [3.05, 3.63) is 42.7 Å². The molecule has 10 nitrogen and oxygen atoms in total. The highest BCUT2D eigenvalue weighted by molar-refractivity contribution is 7.90. The van der Waals surface area contributed by atoms with Crippen molar-refractivity contribution in [2.24, 2.45) is 5.92 Å². The van der Waals surface area contributed by atoms with E-state index in [9.17, 15) is 13.2 Å². The second-order valence-corrected chi connectivity index (χ2v) is 13.3. The zero-order valence-electron chi connectivity index (χ0n) is 23.4. The molecule has 40 heavy (non-hydrogen) atoms. The molecule has 2 N–H and O–H groups in total. The number of amides is 1. The molecule has 1 aromatic carbocycles. The Kier molecular flexibility index (Phi) is 8.90. The number of likely N-dealkylation sites (N-methyl/N-ethyl adjacent to an activating group) is 1. The lowest BCUT2D eigenvalue weighted by molar-refractivity contribution is -0.126. The van der Waals surface area contributed by atoms with E-state index in [4.69, 9.17) is 9.72 Å². The molecule has 1 saturated carbocycles. The van der Waals surface area contributed by atoms with Crippen LogP contribution < -0.4 is 15.4 Å². The van der Waals surface area contributed by atoms with Gasteiger partial charge in [0.15, 0.2) is 0 Å². The zero-order chi connectivity index (χ0) is 28.1. The fourth-order valence-electron chi connectivity index (χ4n) is 5.76. The van der Waals surface area contributed by atoms with Crippen LogP contribution in [0.5, 0.6) is 5.75 Å². The first-order chi connectivity index (χ1) is 19.3. The molecule has 1 aliphatic heterocycles. The number of anilines is 1. The molecule has 2 fully saturated rings. The minimum absolute atomic E-state index is 0.0787. The maximum absolute atomic E-state index is 12.8. The summed E-state index contributed by atoms with van der Waals surface area (Å²) in [6, 6.07) is 10.2. The molecule has 5 rings (SSSR count). The number of fused-ring (bicyclic) bond motifs is 1. The molecule has 1 atom stereocenters. The number of likely N-dealkylation sites (tertiary alicyclic amines) is 1. The number of rotatable bonds is 11. The van der Waals surface area contributed by atoms with Crippen LogP contribution in [0.2, 0.25) is 0 Å². The number of carbonyl (C=O) groups is 1. The molecule has 0 radical (unpaired) electrons. The van der Waals surface area contributed by atoms with Gasteiger partial charge < -0.3 is 24.8 Å². The summed E-state index contributed by atoms with van der Waals surface area (Å²) in [5.74, 6) is 2.42. The van der Waals surface area contributed by atoms with Gasteiger partial charge in [0.05, 0.1) is 17.9 Å². The minimum atomic E-state index is -3.01. The van der Waals surface area contributed by atoms with E-state index in [1.165, 1.54) is 6.26 Å². The molecule has 216 valence electrons. The van der Waals surface area contributed by atoms with Crippen molar-refractivity contribution >= 4 is 32.6 Å². The van der Waals surface area contributed by atoms with Crippen molar-refractivity contribution in [1.29, 1.82) is 0 Å². The Morgan fingerprint density at radius 2 is 1.93 bits per heavy atom. The normalized spacial score (nSPS) is 21.9. The molecule has 3 heterocycles. The summed E-state index contributed by atoms with van der Waals surface area (Å²) in [6.07, 6.45) is 9.97. The van der Waals surface area contributed by atoms with Crippen LogP contribution in [0.4, 0.5) is 5.95 Å². The summed E-state index contributed by atoms with van der Waals surface area (Å²) in [6.45, 7) is 5.57. The van der Waals surface area contributed by atoms with E-state index < -0.39 is 9.84 Å². The van der Waals surface area contributed by atoms with Gasteiger partial charge in [-0.2, -0.15) is 4.98 Å². The first kappa shape index (κ1) is 28.4. The van der Waals surface area contributed by atoms with Gasteiger partial charge in [0.1, 0.15) is 21.4 Å². The summed E-state index contributed by atoms with van der Waals surface area (Å²) >= 11 is 0. The van der Waals surface area contributed by atoms with Crippen molar-refractivity contribution in [3.63, 3.8) is 0 Å². The summed E-state index contributed by atoms with van der Waals surface area (Å²) in [5.41, 5.74) is 0.945. The molecule has 1 amide bonds. The van der Waals surface area contributed by atoms with Crippen molar-refractivity contribution in [3.8, 4) is 11.6 Å². The van der Waals surface area contributed by atoms with Crippen LogP contribution in [-0.2, 0) is 14.6 Å². The SMILES string of the molecule is CCN1CC[C@@H](NC(=O)[C@H]2CC[C@H](Nc3nccc(-n4ccc5c(OCCCS(C)(=O)=O)cccc54)n3)CC2)C1. The molecule has 0 unspecified atom stereocenters. The Morgan fingerprint density at radius 1 is 1.10 bits per heavy atom. The van der Waals surface area contributed by atoms with Gasteiger partial charge >= 0.3 is 0 Å². The lowest BCUT2D eigenvalue weighted by Crippen LogP contribution is -2.42. The molecular formula is C29H40N6O4S. The van der Waals surface area contributed by atoms with Gasteiger partial charge in [0.25, 0.3) is 0 Å². The van der Waals surface area contributed by atoms with Crippen LogP contribution >= 0.6 is 0 Å². The first-order valence-corrected chi connectivity index (χ1v) is 16.4. The Bertz CT molecular complexity index is 1420. The highest BCUT2D eigenvalue weighted by Crippen LogP contribution is 2.30. The Hall–Kier alpha value is -3.18. The predicted molar refractivity (Wildman–Crippen MR) is 157 cm³/mol. The van der Waals surface area contributed by atoms with E-state index in [0.717, 1.165) is 68.5 Å². The van der Waals surface area contributed by atoms with Crippen LogP contribution in [0.1, 0.15) is 45.4 Å².